The van der Waals surface area contributed by atoms with Gasteiger partial charge in [-0.15, -0.1) is 0 Å². The van der Waals surface area contributed by atoms with Gasteiger partial charge < -0.3 is 14.8 Å². The first-order chi connectivity index (χ1) is 10.2. The molecule has 0 amide bonds. The van der Waals surface area contributed by atoms with E-state index in [1.165, 1.54) is 6.20 Å². The van der Waals surface area contributed by atoms with Crippen molar-refractivity contribution in [3.05, 3.63) is 23.9 Å². The summed E-state index contributed by atoms with van der Waals surface area (Å²) in [4.78, 5) is 24.3. The Bertz CT molecular complexity index is 477. The number of dihydropyridines is 1. The Hall–Kier alpha value is -1.78. The van der Waals surface area contributed by atoms with Crippen LogP contribution in [0.4, 0.5) is 0 Å². The van der Waals surface area contributed by atoms with Crippen molar-refractivity contribution < 1.29 is 19.1 Å². The second-order valence-corrected chi connectivity index (χ2v) is 6.55. The van der Waals surface area contributed by atoms with Gasteiger partial charge in [-0.1, -0.05) is 13.8 Å². The third kappa shape index (κ3) is 4.90. The van der Waals surface area contributed by atoms with Crippen LogP contribution in [-0.4, -0.2) is 29.7 Å². The zero-order valence-electron chi connectivity index (χ0n) is 14.3. The third-order valence-electron chi connectivity index (χ3n) is 3.05. The van der Waals surface area contributed by atoms with Crippen molar-refractivity contribution in [2.75, 3.05) is 0 Å². The lowest BCUT2D eigenvalue weighted by molar-refractivity contribution is -0.154. The highest BCUT2D eigenvalue weighted by molar-refractivity contribution is 5.93. The summed E-state index contributed by atoms with van der Waals surface area (Å²) < 4.78 is 10.5. The van der Waals surface area contributed by atoms with E-state index in [9.17, 15) is 9.59 Å². The summed E-state index contributed by atoms with van der Waals surface area (Å²) in [5, 5.41) is 3.05. The highest BCUT2D eigenvalue weighted by Crippen LogP contribution is 2.25. The molecule has 1 atom stereocenters. The van der Waals surface area contributed by atoms with E-state index in [4.69, 9.17) is 9.47 Å². The highest BCUT2D eigenvalue weighted by Gasteiger charge is 2.39. The summed E-state index contributed by atoms with van der Waals surface area (Å²) in [5.74, 6) is -0.455. The van der Waals surface area contributed by atoms with Crippen LogP contribution in [0.2, 0.25) is 0 Å². The first-order valence-electron chi connectivity index (χ1n) is 7.75. The van der Waals surface area contributed by atoms with Crippen LogP contribution in [0.15, 0.2) is 23.9 Å². The van der Waals surface area contributed by atoms with Gasteiger partial charge in [0.15, 0.2) is 5.54 Å². The van der Waals surface area contributed by atoms with Crippen molar-refractivity contribution in [1.29, 1.82) is 0 Å². The predicted molar refractivity (Wildman–Crippen MR) is 85.0 cm³/mol. The summed E-state index contributed by atoms with van der Waals surface area (Å²) in [6.45, 7) is 11.3. The monoisotopic (exact) mass is 309 g/mol. The van der Waals surface area contributed by atoms with Crippen molar-refractivity contribution in [3.63, 3.8) is 0 Å². The SMILES string of the molecule is CC(C)CC1(C(=O)OC(C)C)C=CC(C(=O)OC(C)C)=CN1. The number of ether oxygens (including phenoxy) is 2. The third-order valence-corrected chi connectivity index (χ3v) is 3.05. The van der Waals surface area contributed by atoms with Crippen LogP contribution in [0.25, 0.3) is 0 Å². The number of hydrogen-bond acceptors (Lipinski definition) is 5. The van der Waals surface area contributed by atoms with E-state index in [0.29, 0.717) is 12.0 Å². The average molecular weight is 309 g/mol. The van der Waals surface area contributed by atoms with Gasteiger partial charge >= 0.3 is 11.9 Å². The minimum atomic E-state index is -0.931. The molecular weight excluding hydrogens is 282 g/mol. The van der Waals surface area contributed by atoms with Crippen LogP contribution in [0.1, 0.15) is 48.0 Å². The lowest BCUT2D eigenvalue weighted by Crippen LogP contribution is -2.52. The second-order valence-electron chi connectivity index (χ2n) is 6.55. The average Bonchev–Trinajstić information content (AvgIpc) is 2.36. The van der Waals surface area contributed by atoms with Crippen LogP contribution in [0, 0.1) is 5.92 Å². The van der Waals surface area contributed by atoms with E-state index in [-0.39, 0.29) is 24.1 Å². The number of nitrogens with one attached hydrogen (secondary N) is 1. The van der Waals surface area contributed by atoms with Gasteiger partial charge in [0.1, 0.15) is 0 Å². The van der Waals surface area contributed by atoms with E-state index >= 15 is 0 Å². The molecule has 0 aromatic carbocycles. The first kappa shape index (κ1) is 18.3. The molecule has 1 N–H and O–H groups in total. The topological polar surface area (TPSA) is 64.6 Å². The lowest BCUT2D eigenvalue weighted by atomic mass is 9.86. The van der Waals surface area contributed by atoms with Gasteiger partial charge in [-0.2, -0.15) is 0 Å². The Kier molecular flexibility index (Phi) is 6.21. The van der Waals surface area contributed by atoms with E-state index in [2.05, 4.69) is 5.32 Å². The Balaban J connectivity index is 2.91. The molecule has 0 fully saturated rings. The fourth-order valence-electron chi connectivity index (χ4n) is 2.24. The molecule has 5 nitrogen and oxygen atoms in total. The van der Waals surface area contributed by atoms with Gasteiger partial charge in [-0.3, -0.25) is 0 Å². The summed E-state index contributed by atoms with van der Waals surface area (Å²) in [6.07, 6.45) is 5.07. The van der Waals surface area contributed by atoms with Crippen molar-refractivity contribution >= 4 is 11.9 Å². The van der Waals surface area contributed by atoms with Crippen LogP contribution in [0.3, 0.4) is 0 Å². The fraction of sp³-hybridized carbons (Fsp3) is 0.647. The van der Waals surface area contributed by atoms with Gasteiger partial charge in [0.05, 0.1) is 17.8 Å². The molecule has 1 heterocycles. The lowest BCUT2D eigenvalue weighted by Gasteiger charge is -2.33. The minimum absolute atomic E-state index is 0.185. The Morgan fingerprint density at radius 2 is 1.68 bits per heavy atom. The molecule has 0 aromatic heterocycles. The predicted octanol–water partition coefficient (Wildman–Crippen LogP) is 2.72. The molecular formula is C17H27NO4. The molecule has 0 aliphatic carbocycles. The molecule has 0 bridgehead atoms. The van der Waals surface area contributed by atoms with Crippen molar-refractivity contribution in [2.45, 2.75) is 65.7 Å². The summed E-state index contributed by atoms with van der Waals surface area (Å²) in [6, 6.07) is 0. The summed E-state index contributed by atoms with van der Waals surface area (Å²) in [5.41, 5.74) is -0.537. The maximum atomic E-state index is 12.4. The molecule has 1 rings (SSSR count). The normalized spacial score (nSPS) is 20.9. The molecule has 0 saturated heterocycles. The first-order valence-corrected chi connectivity index (χ1v) is 7.75. The van der Waals surface area contributed by atoms with Gasteiger partial charge in [0, 0.05) is 6.20 Å². The maximum absolute atomic E-state index is 12.4. The molecule has 0 spiro atoms. The van der Waals surface area contributed by atoms with E-state index in [1.807, 2.05) is 27.7 Å². The number of hydrogen-bond donors (Lipinski definition) is 1. The van der Waals surface area contributed by atoms with Gasteiger partial charge in [0.2, 0.25) is 0 Å². The number of carbonyl (C=O) groups is 2. The fourth-order valence-corrected chi connectivity index (χ4v) is 2.24. The summed E-state index contributed by atoms with van der Waals surface area (Å²) >= 11 is 0. The molecule has 0 saturated carbocycles. The minimum Gasteiger partial charge on any atom is -0.461 e. The van der Waals surface area contributed by atoms with Crippen LogP contribution >= 0.6 is 0 Å². The molecule has 124 valence electrons. The second kappa shape index (κ2) is 7.47. The van der Waals surface area contributed by atoms with Crippen molar-refractivity contribution in [2.24, 2.45) is 5.92 Å². The van der Waals surface area contributed by atoms with Crippen LogP contribution in [0.5, 0.6) is 0 Å². The molecule has 5 heteroatoms. The zero-order chi connectivity index (χ0) is 16.9. The largest absolute Gasteiger partial charge is 0.461 e. The van der Waals surface area contributed by atoms with Crippen LogP contribution < -0.4 is 5.32 Å². The molecule has 0 radical (unpaired) electrons. The van der Waals surface area contributed by atoms with Gasteiger partial charge in [0.25, 0.3) is 0 Å². The summed E-state index contributed by atoms with van der Waals surface area (Å²) in [7, 11) is 0. The smallest absolute Gasteiger partial charge is 0.339 e. The Labute approximate surface area is 132 Å². The number of carbonyl (C=O) groups excluding carboxylic acids is 2. The van der Waals surface area contributed by atoms with Crippen molar-refractivity contribution in [3.8, 4) is 0 Å². The standard InChI is InChI=1S/C17H27NO4/c1-11(2)9-17(16(20)22-13(5)6)8-7-14(10-18-17)15(19)21-12(3)4/h7-8,10-13,18H,9H2,1-6H3. The molecule has 22 heavy (non-hydrogen) atoms. The molecule has 1 unspecified atom stereocenters. The van der Waals surface area contributed by atoms with E-state index in [1.54, 1.807) is 26.0 Å². The quantitative estimate of drug-likeness (QED) is 0.764. The number of rotatable bonds is 6. The maximum Gasteiger partial charge on any atom is 0.339 e. The van der Waals surface area contributed by atoms with Crippen molar-refractivity contribution in [1.82, 2.24) is 5.32 Å². The zero-order valence-corrected chi connectivity index (χ0v) is 14.3. The Morgan fingerprint density at radius 1 is 1.09 bits per heavy atom. The molecule has 1 aliphatic heterocycles. The molecule has 0 aromatic rings. The van der Waals surface area contributed by atoms with Gasteiger partial charge in [-0.05, 0) is 52.2 Å². The van der Waals surface area contributed by atoms with E-state index in [0.717, 1.165) is 0 Å². The Morgan fingerprint density at radius 3 is 2.09 bits per heavy atom. The number of esters is 2. The van der Waals surface area contributed by atoms with E-state index < -0.39 is 11.5 Å². The highest BCUT2D eigenvalue weighted by atomic mass is 16.5. The molecule has 1 aliphatic rings. The van der Waals surface area contributed by atoms with Crippen LogP contribution in [-0.2, 0) is 19.1 Å². The van der Waals surface area contributed by atoms with Gasteiger partial charge in [-0.25, -0.2) is 9.59 Å².